The fourth-order valence-electron chi connectivity index (χ4n) is 2.21. The van der Waals surface area contributed by atoms with Gasteiger partial charge < -0.3 is 14.6 Å². The number of hydrogen-bond donors (Lipinski definition) is 1. The summed E-state index contributed by atoms with van der Waals surface area (Å²) in [4.78, 5) is 2.30. The molecule has 1 N–H and O–H groups in total. The smallest absolute Gasteiger partial charge is 0.173 e. The highest BCUT2D eigenvalue weighted by molar-refractivity contribution is 4.80. The molecule has 0 aromatic rings. The van der Waals surface area contributed by atoms with Crippen LogP contribution in [0.3, 0.4) is 0 Å². The molecule has 3 unspecified atom stereocenters. The van der Waals surface area contributed by atoms with Gasteiger partial charge in [0.05, 0.1) is 19.3 Å². The van der Waals surface area contributed by atoms with E-state index in [1.807, 2.05) is 0 Å². The number of aliphatic hydroxyl groups excluding tert-OH is 1. The maximum Gasteiger partial charge on any atom is 0.173 e. The SMILES string of the molecule is CN1CCCCC1C1OCC(CO)O1. The Morgan fingerprint density at radius 1 is 1.43 bits per heavy atom. The van der Waals surface area contributed by atoms with Crippen molar-refractivity contribution in [3.8, 4) is 0 Å². The van der Waals surface area contributed by atoms with Gasteiger partial charge in [-0.1, -0.05) is 6.42 Å². The number of ether oxygens (including phenoxy) is 2. The van der Waals surface area contributed by atoms with Crippen molar-refractivity contribution in [2.75, 3.05) is 26.8 Å². The Balaban J connectivity index is 1.88. The molecule has 0 aromatic heterocycles. The zero-order valence-electron chi connectivity index (χ0n) is 8.69. The third kappa shape index (κ3) is 2.08. The molecule has 14 heavy (non-hydrogen) atoms. The molecule has 82 valence electrons. The largest absolute Gasteiger partial charge is 0.394 e. The van der Waals surface area contributed by atoms with E-state index < -0.39 is 0 Å². The van der Waals surface area contributed by atoms with Gasteiger partial charge in [-0.3, -0.25) is 4.90 Å². The lowest BCUT2D eigenvalue weighted by molar-refractivity contribution is -0.118. The molecule has 0 saturated carbocycles. The van der Waals surface area contributed by atoms with Crippen LogP contribution in [0.5, 0.6) is 0 Å². The molecule has 2 rings (SSSR count). The fraction of sp³-hybridized carbons (Fsp3) is 1.00. The van der Waals surface area contributed by atoms with Crippen LogP contribution in [0, 0.1) is 0 Å². The highest BCUT2D eigenvalue weighted by Crippen LogP contribution is 2.24. The van der Waals surface area contributed by atoms with E-state index in [4.69, 9.17) is 14.6 Å². The van der Waals surface area contributed by atoms with Gasteiger partial charge in [-0.25, -0.2) is 0 Å². The zero-order valence-corrected chi connectivity index (χ0v) is 8.69. The van der Waals surface area contributed by atoms with E-state index in [1.54, 1.807) is 0 Å². The van der Waals surface area contributed by atoms with Crippen molar-refractivity contribution in [3.05, 3.63) is 0 Å². The fourth-order valence-corrected chi connectivity index (χ4v) is 2.21. The number of rotatable bonds is 2. The molecule has 0 spiro atoms. The summed E-state index contributed by atoms with van der Waals surface area (Å²) >= 11 is 0. The lowest BCUT2D eigenvalue weighted by Crippen LogP contribution is -2.45. The van der Waals surface area contributed by atoms with E-state index >= 15 is 0 Å². The van der Waals surface area contributed by atoms with E-state index in [2.05, 4.69) is 11.9 Å². The Labute approximate surface area is 84.8 Å². The molecule has 2 heterocycles. The average Bonchev–Trinajstić information content (AvgIpc) is 2.67. The Morgan fingerprint density at radius 2 is 2.29 bits per heavy atom. The maximum absolute atomic E-state index is 8.93. The van der Waals surface area contributed by atoms with Gasteiger partial charge in [0, 0.05) is 0 Å². The summed E-state index contributed by atoms with van der Waals surface area (Å²) in [6.45, 7) is 1.72. The summed E-state index contributed by atoms with van der Waals surface area (Å²) in [7, 11) is 2.11. The molecule has 2 aliphatic rings. The van der Waals surface area contributed by atoms with Crippen molar-refractivity contribution in [2.45, 2.75) is 37.7 Å². The Kier molecular flexibility index (Phi) is 3.38. The minimum atomic E-state index is -0.127. The second-order valence-electron chi connectivity index (χ2n) is 4.19. The molecule has 2 saturated heterocycles. The highest BCUT2D eigenvalue weighted by atomic mass is 16.7. The van der Waals surface area contributed by atoms with Crippen molar-refractivity contribution in [3.63, 3.8) is 0 Å². The molecule has 3 atom stereocenters. The van der Waals surface area contributed by atoms with Crippen LogP contribution in [0.1, 0.15) is 19.3 Å². The molecule has 0 aliphatic carbocycles. The van der Waals surface area contributed by atoms with Crippen LogP contribution in [0.2, 0.25) is 0 Å². The van der Waals surface area contributed by atoms with E-state index in [1.165, 1.54) is 12.8 Å². The summed E-state index contributed by atoms with van der Waals surface area (Å²) in [5.41, 5.74) is 0. The molecule has 4 nitrogen and oxygen atoms in total. The van der Waals surface area contributed by atoms with E-state index in [9.17, 15) is 0 Å². The normalized spacial score (nSPS) is 40.3. The molecular weight excluding hydrogens is 182 g/mol. The third-order valence-corrected chi connectivity index (χ3v) is 3.12. The summed E-state index contributed by atoms with van der Waals surface area (Å²) in [6, 6.07) is 0.375. The number of likely N-dealkylation sites (tertiary alicyclic amines) is 1. The average molecular weight is 201 g/mol. The molecule has 0 radical (unpaired) electrons. The second-order valence-corrected chi connectivity index (χ2v) is 4.19. The van der Waals surface area contributed by atoms with E-state index in [0.717, 1.165) is 13.0 Å². The first-order valence-corrected chi connectivity index (χ1v) is 5.39. The summed E-state index contributed by atoms with van der Waals surface area (Å²) < 4.78 is 11.1. The first-order valence-electron chi connectivity index (χ1n) is 5.39. The third-order valence-electron chi connectivity index (χ3n) is 3.12. The molecule has 2 fully saturated rings. The summed E-state index contributed by atoms with van der Waals surface area (Å²) in [5, 5.41) is 8.93. The Morgan fingerprint density at radius 3 is 2.93 bits per heavy atom. The lowest BCUT2D eigenvalue weighted by Gasteiger charge is -2.35. The van der Waals surface area contributed by atoms with Gasteiger partial charge in [0.25, 0.3) is 0 Å². The van der Waals surface area contributed by atoms with Gasteiger partial charge in [-0.2, -0.15) is 0 Å². The van der Waals surface area contributed by atoms with Gasteiger partial charge in [-0.15, -0.1) is 0 Å². The maximum atomic E-state index is 8.93. The van der Waals surface area contributed by atoms with Crippen LogP contribution in [0.15, 0.2) is 0 Å². The van der Waals surface area contributed by atoms with Crippen LogP contribution in [0.25, 0.3) is 0 Å². The molecule has 0 amide bonds. The number of piperidine rings is 1. The topological polar surface area (TPSA) is 41.9 Å². The molecule has 0 aromatic carbocycles. The van der Waals surface area contributed by atoms with Crippen molar-refractivity contribution < 1.29 is 14.6 Å². The van der Waals surface area contributed by atoms with Crippen molar-refractivity contribution in [1.29, 1.82) is 0 Å². The van der Waals surface area contributed by atoms with Crippen molar-refractivity contribution in [2.24, 2.45) is 0 Å². The van der Waals surface area contributed by atoms with E-state index in [-0.39, 0.29) is 19.0 Å². The van der Waals surface area contributed by atoms with Crippen molar-refractivity contribution in [1.82, 2.24) is 4.90 Å². The minimum absolute atomic E-state index is 0.0624. The Hall–Kier alpha value is -0.160. The van der Waals surface area contributed by atoms with Gasteiger partial charge >= 0.3 is 0 Å². The first kappa shape index (κ1) is 10.4. The molecular formula is C10H19NO3. The molecule has 4 heteroatoms. The zero-order chi connectivity index (χ0) is 9.97. The predicted molar refractivity (Wildman–Crippen MR) is 52.0 cm³/mol. The molecule has 0 bridgehead atoms. The van der Waals surface area contributed by atoms with E-state index in [0.29, 0.717) is 12.6 Å². The van der Waals surface area contributed by atoms with Gasteiger partial charge in [0.15, 0.2) is 6.29 Å². The van der Waals surface area contributed by atoms with Crippen LogP contribution in [0.4, 0.5) is 0 Å². The molecule has 2 aliphatic heterocycles. The lowest BCUT2D eigenvalue weighted by atomic mass is 10.0. The summed E-state index contributed by atoms with van der Waals surface area (Å²) in [5.74, 6) is 0. The predicted octanol–water partition coefficient (Wildman–Crippen LogP) is 0.204. The second kappa shape index (κ2) is 4.57. The van der Waals surface area contributed by atoms with Crippen LogP contribution in [-0.4, -0.2) is 55.2 Å². The van der Waals surface area contributed by atoms with Gasteiger partial charge in [0.1, 0.15) is 6.10 Å². The van der Waals surface area contributed by atoms with Crippen LogP contribution >= 0.6 is 0 Å². The quantitative estimate of drug-likeness (QED) is 0.693. The summed E-state index contributed by atoms with van der Waals surface area (Å²) in [6.07, 6.45) is 3.41. The number of hydrogen-bond acceptors (Lipinski definition) is 4. The van der Waals surface area contributed by atoms with Gasteiger partial charge in [0.2, 0.25) is 0 Å². The number of likely N-dealkylation sites (N-methyl/N-ethyl adjacent to an activating group) is 1. The van der Waals surface area contributed by atoms with Crippen LogP contribution < -0.4 is 0 Å². The number of aliphatic hydroxyl groups is 1. The first-order chi connectivity index (χ1) is 6.81. The highest BCUT2D eigenvalue weighted by Gasteiger charge is 2.35. The standard InChI is InChI=1S/C10H19NO3/c1-11-5-3-2-4-9(11)10-13-7-8(6-12)14-10/h8-10,12H,2-7H2,1H3. The monoisotopic (exact) mass is 201 g/mol. The van der Waals surface area contributed by atoms with Crippen LogP contribution in [-0.2, 0) is 9.47 Å². The number of nitrogens with zero attached hydrogens (tertiary/aromatic N) is 1. The van der Waals surface area contributed by atoms with Crippen molar-refractivity contribution >= 4 is 0 Å². The van der Waals surface area contributed by atoms with Gasteiger partial charge in [-0.05, 0) is 26.4 Å². The minimum Gasteiger partial charge on any atom is -0.394 e. The Bertz CT molecular complexity index is 188.